The molecule has 1 aliphatic heterocycles. The minimum Gasteiger partial charge on any atom is -0.480 e. The van der Waals surface area contributed by atoms with Crippen molar-refractivity contribution in [2.75, 3.05) is 32.8 Å². The Bertz CT molecular complexity index is 284. The standard InChI is InChI=1S/C15H30N2O3/c1-12(2)5-6-16-14-8-13(4-3-7-18)9-17(10-14)11-15(19)20/h12-14,16,18H,3-11H2,1-2H3,(H,19,20). The summed E-state index contributed by atoms with van der Waals surface area (Å²) in [4.78, 5) is 12.9. The Kier molecular flexibility index (Phi) is 8.11. The van der Waals surface area contributed by atoms with Crippen LogP contribution < -0.4 is 5.32 Å². The summed E-state index contributed by atoms with van der Waals surface area (Å²) in [5.41, 5.74) is 0. The van der Waals surface area contributed by atoms with Crippen LogP contribution in [0.1, 0.15) is 39.5 Å². The molecule has 0 aromatic rings. The third-order valence-corrected chi connectivity index (χ3v) is 3.90. The SMILES string of the molecule is CC(C)CCNC1CC(CCCO)CN(CC(=O)O)C1. The maximum atomic E-state index is 10.9. The minimum atomic E-state index is -0.756. The van der Waals surface area contributed by atoms with Crippen molar-refractivity contribution in [2.45, 2.75) is 45.6 Å². The third-order valence-electron chi connectivity index (χ3n) is 3.90. The summed E-state index contributed by atoms with van der Waals surface area (Å²) in [7, 11) is 0. The molecule has 0 saturated carbocycles. The average Bonchev–Trinajstić information content (AvgIpc) is 2.35. The van der Waals surface area contributed by atoms with Crippen LogP contribution in [0.25, 0.3) is 0 Å². The molecule has 3 N–H and O–H groups in total. The number of carboxylic acids is 1. The van der Waals surface area contributed by atoms with Crippen molar-refractivity contribution in [1.82, 2.24) is 10.2 Å². The molecule has 0 amide bonds. The summed E-state index contributed by atoms with van der Waals surface area (Å²) < 4.78 is 0. The lowest BCUT2D eigenvalue weighted by atomic mass is 9.90. The van der Waals surface area contributed by atoms with Crippen LogP contribution in [0.3, 0.4) is 0 Å². The lowest BCUT2D eigenvalue weighted by molar-refractivity contribution is -0.138. The van der Waals surface area contributed by atoms with Crippen LogP contribution in [0.4, 0.5) is 0 Å². The van der Waals surface area contributed by atoms with Gasteiger partial charge in [-0.25, -0.2) is 0 Å². The van der Waals surface area contributed by atoms with Crippen LogP contribution in [-0.4, -0.2) is 59.9 Å². The van der Waals surface area contributed by atoms with Crippen molar-refractivity contribution in [2.24, 2.45) is 11.8 Å². The molecule has 118 valence electrons. The number of nitrogens with zero attached hydrogens (tertiary/aromatic N) is 1. The van der Waals surface area contributed by atoms with E-state index in [1.807, 2.05) is 4.90 Å². The maximum absolute atomic E-state index is 10.9. The first-order valence-corrected chi connectivity index (χ1v) is 7.79. The van der Waals surface area contributed by atoms with Crippen LogP contribution in [0.2, 0.25) is 0 Å². The van der Waals surface area contributed by atoms with Gasteiger partial charge >= 0.3 is 5.97 Å². The van der Waals surface area contributed by atoms with Crippen LogP contribution in [0.15, 0.2) is 0 Å². The van der Waals surface area contributed by atoms with Gasteiger partial charge in [0.1, 0.15) is 0 Å². The van der Waals surface area contributed by atoms with E-state index in [1.165, 1.54) is 0 Å². The normalized spacial score (nSPS) is 24.2. The van der Waals surface area contributed by atoms with E-state index in [9.17, 15) is 4.79 Å². The van der Waals surface area contributed by atoms with Gasteiger partial charge in [-0.3, -0.25) is 9.69 Å². The Labute approximate surface area is 122 Å². The fraction of sp³-hybridized carbons (Fsp3) is 0.933. The van der Waals surface area contributed by atoms with E-state index in [4.69, 9.17) is 10.2 Å². The van der Waals surface area contributed by atoms with Crippen molar-refractivity contribution in [1.29, 1.82) is 0 Å². The number of piperidine rings is 1. The molecule has 0 aromatic heterocycles. The highest BCUT2D eigenvalue weighted by atomic mass is 16.4. The zero-order valence-corrected chi connectivity index (χ0v) is 12.8. The van der Waals surface area contributed by atoms with Crippen molar-refractivity contribution < 1.29 is 15.0 Å². The summed E-state index contributed by atoms with van der Waals surface area (Å²) in [6.07, 6.45) is 4.03. The second kappa shape index (κ2) is 9.32. The largest absolute Gasteiger partial charge is 0.480 e. The Morgan fingerprint density at radius 1 is 1.40 bits per heavy atom. The van der Waals surface area contributed by atoms with E-state index in [0.29, 0.717) is 17.9 Å². The predicted molar refractivity (Wildman–Crippen MR) is 79.7 cm³/mol. The lowest BCUT2D eigenvalue weighted by Crippen LogP contribution is -2.50. The molecule has 0 aliphatic carbocycles. The molecule has 2 unspecified atom stereocenters. The Morgan fingerprint density at radius 3 is 2.75 bits per heavy atom. The van der Waals surface area contributed by atoms with E-state index < -0.39 is 5.97 Å². The molecular formula is C15H30N2O3. The number of hydrogen-bond donors (Lipinski definition) is 3. The number of nitrogens with one attached hydrogen (secondary N) is 1. The van der Waals surface area contributed by atoms with Crippen molar-refractivity contribution >= 4 is 5.97 Å². The summed E-state index contributed by atoms with van der Waals surface area (Å²) in [6, 6.07) is 0.380. The molecular weight excluding hydrogens is 256 g/mol. The molecule has 5 nitrogen and oxygen atoms in total. The van der Waals surface area contributed by atoms with Gasteiger partial charge < -0.3 is 15.5 Å². The van der Waals surface area contributed by atoms with Crippen molar-refractivity contribution in [3.63, 3.8) is 0 Å². The second-order valence-corrected chi connectivity index (χ2v) is 6.39. The van der Waals surface area contributed by atoms with E-state index in [-0.39, 0.29) is 13.2 Å². The molecule has 2 atom stereocenters. The average molecular weight is 286 g/mol. The summed E-state index contributed by atoms with van der Waals surface area (Å²) in [5, 5.41) is 21.5. The molecule has 1 aliphatic rings. The number of likely N-dealkylation sites (tertiary alicyclic amines) is 1. The molecule has 1 fully saturated rings. The van der Waals surface area contributed by atoms with Crippen LogP contribution in [-0.2, 0) is 4.79 Å². The number of aliphatic hydroxyl groups excluding tert-OH is 1. The fourth-order valence-electron chi connectivity index (χ4n) is 2.94. The highest BCUT2D eigenvalue weighted by Crippen LogP contribution is 2.21. The van der Waals surface area contributed by atoms with Crippen molar-refractivity contribution in [3.8, 4) is 0 Å². The van der Waals surface area contributed by atoms with Gasteiger partial charge in [0, 0.05) is 25.7 Å². The van der Waals surface area contributed by atoms with E-state index >= 15 is 0 Å². The number of rotatable bonds is 9. The summed E-state index contributed by atoms with van der Waals surface area (Å²) >= 11 is 0. The fourth-order valence-corrected chi connectivity index (χ4v) is 2.94. The first kappa shape index (κ1) is 17.4. The zero-order valence-electron chi connectivity index (χ0n) is 12.8. The number of aliphatic carboxylic acids is 1. The van der Waals surface area contributed by atoms with Gasteiger partial charge in [0.2, 0.25) is 0 Å². The maximum Gasteiger partial charge on any atom is 0.317 e. The van der Waals surface area contributed by atoms with Crippen LogP contribution in [0, 0.1) is 11.8 Å². The second-order valence-electron chi connectivity index (χ2n) is 6.39. The first-order valence-electron chi connectivity index (χ1n) is 7.79. The van der Waals surface area contributed by atoms with Crippen LogP contribution >= 0.6 is 0 Å². The van der Waals surface area contributed by atoms with Crippen molar-refractivity contribution in [3.05, 3.63) is 0 Å². The van der Waals surface area contributed by atoms with Gasteiger partial charge in [-0.2, -0.15) is 0 Å². The molecule has 5 heteroatoms. The van der Waals surface area contributed by atoms with Gasteiger partial charge in [-0.15, -0.1) is 0 Å². The molecule has 0 bridgehead atoms. The van der Waals surface area contributed by atoms with Gasteiger partial charge in [-0.05, 0) is 44.1 Å². The molecule has 0 aromatic carbocycles. The topological polar surface area (TPSA) is 72.8 Å². The molecule has 0 radical (unpaired) electrons. The van der Waals surface area contributed by atoms with Gasteiger partial charge in [0.05, 0.1) is 6.54 Å². The predicted octanol–water partition coefficient (Wildman–Crippen LogP) is 1.17. The summed E-state index contributed by atoms with van der Waals surface area (Å²) in [5.74, 6) is 0.423. The number of aliphatic hydroxyl groups is 1. The Balaban J connectivity index is 2.43. The highest BCUT2D eigenvalue weighted by molar-refractivity contribution is 5.69. The molecule has 1 saturated heterocycles. The highest BCUT2D eigenvalue weighted by Gasteiger charge is 2.27. The first-order chi connectivity index (χ1) is 9.51. The zero-order chi connectivity index (χ0) is 15.0. The van der Waals surface area contributed by atoms with E-state index in [2.05, 4.69) is 19.2 Å². The Morgan fingerprint density at radius 2 is 2.15 bits per heavy atom. The van der Waals surface area contributed by atoms with E-state index in [0.717, 1.165) is 45.3 Å². The quantitative estimate of drug-likeness (QED) is 0.593. The lowest BCUT2D eigenvalue weighted by Gasteiger charge is -2.37. The van der Waals surface area contributed by atoms with Gasteiger partial charge in [-0.1, -0.05) is 13.8 Å². The molecule has 1 heterocycles. The monoisotopic (exact) mass is 286 g/mol. The smallest absolute Gasteiger partial charge is 0.317 e. The molecule has 0 spiro atoms. The summed E-state index contributed by atoms with van der Waals surface area (Å²) in [6.45, 7) is 7.43. The van der Waals surface area contributed by atoms with Gasteiger partial charge in [0.15, 0.2) is 0 Å². The number of carbonyl (C=O) groups is 1. The minimum absolute atomic E-state index is 0.123. The third kappa shape index (κ3) is 7.22. The number of carboxylic acid groups (broad SMARTS) is 1. The molecule has 20 heavy (non-hydrogen) atoms. The number of hydrogen-bond acceptors (Lipinski definition) is 4. The van der Waals surface area contributed by atoms with Gasteiger partial charge in [0.25, 0.3) is 0 Å². The Hall–Kier alpha value is -0.650. The van der Waals surface area contributed by atoms with Crippen LogP contribution in [0.5, 0.6) is 0 Å². The van der Waals surface area contributed by atoms with E-state index in [1.54, 1.807) is 0 Å². The molecule has 1 rings (SSSR count).